The number of anilines is 1. The van der Waals surface area contributed by atoms with Gasteiger partial charge in [0, 0.05) is 24.8 Å². The molecule has 0 radical (unpaired) electrons. The van der Waals surface area contributed by atoms with Gasteiger partial charge in [-0.2, -0.15) is 0 Å². The van der Waals surface area contributed by atoms with Gasteiger partial charge in [0.05, 0.1) is 5.69 Å². The molecule has 1 fully saturated rings. The summed E-state index contributed by atoms with van der Waals surface area (Å²) in [5, 5.41) is 0. The zero-order valence-electron chi connectivity index (χ0n) is 11.5. The van der Waals surface area contributed by atoms with Crippen LogP contribution in [-0.4, -0.2) is 22.6 Å². The molecule has 0 spiro atoms. The molecule has 1 aliphatic heterocycles. The second kappa shape index (κ2) is 6.14. The average molecular weight is 248 g/mol. The van der Waals surface area contributed by atoms with Gasteiger partial charge in [-0.3, -0.25) is 0 Å². The highest BCUT2D eigenvalue weighted by atomic mass is 15.3. The van der Waals surface area contributed by atoms with Crippen molar-refractivity contribution in [2.45, 2.75) is 58.5 Å². The molecule has 0 bridgehead atoms. The molecule has 0 saturated carbocycles. The monoisotopic (exact) mass is 248 g/mol. The third-order valence-corrected chi connectivity index (χ3v) is 3.71. The van der Waals surface area contributed by atoms with Crippen LogP contribution < -0.4 is 10.6 Å². The molecule has 1 aromatic rings. The van der Waals surface area contributed by atoms with Gasteiger partial charge in [-0.15, -0.1) is 0 Å². The van der Waals surface area contributed by atoms with Crippen LogP contribution in [0.25, 0.3) is 0 Å². The summed E-state index contributed by atoms with van der Waals surface area (Å²) < 4.78 is 0. The third-order valence-electron chi connectivity index (χ3n) is 3.71. The van der Waals surface area contributed by atoms with Gasteiger partial charge in [-0.25, -0.2) is 9.97 Å². The lowest BCUT2D eigenvalue weighted by Crippen LogP contribution is -2.36. The number of aromatic nitrogens is 2. The number of hydrogen-bond donors (Lipinski definition) is 1. The van der Waals surface area contributed by atoms with Crippen molar-refractivity contribution in [3.63, 3.8) is 0 Å². The predicted molar refractivity (Wildman–Crippen MR) is 74.6 cm³/mol. The van der Waals surface area contributed by atoms with Crippen LogP contribution in [0.3, 0.4) is 0 Å². The highest BCUT2D eigenvalue weighted by molar-refractivity contribution is 5.34. The van der Waals surface area contributed by atoms with Crippen LogP contribution in [0.2, 0.25) is 0 Å². The van der Waals surface area contributed by atoms with E-state index in [-0.39, 0.29) is 0 Å². The molecule has 0 amide bonds. The number of rotatable bonds is 3. The third kappa shape index (κ3) is 2.99. The molecule has 2 rings (SSSR count). The molecule has 2 N–H and O–H groups in total. The van der Waals surface area contributed by atoms with E-state index in [2.05, 4.69) is 21.8 Å². The summed E-state index contributed by atoms with van der Waals surface area (Å²) in [6, 6.07) is 2.56. The Labute approximate surface area is 110 Å². The molecule has 2 heterocycles. The first kappa shape index (κ1) is 13.3. The summed E-state index contributed by atoms with van der Waals surface area (Å²) >= 11 is 0. The van der Waals surface area contributed by atoms with E-state index in [0.717, 1.165) is 30.3 Å². The van der Waals surface area contributed by atoms with E-state index in [9.17, 15) is 0 Å². The van der Waals surface area contributed by atoms with Gasteiger partial charge in [0.2, 0.25) is 5.95 Å². The number of aryl methyl sites for hydroxylation is 1. The van der Waals surface area contributed by atoms with E-state index in [1.165, 1.54) is 25.7 Å². The van der Waals surface area contributed by atoms with E-state index in [1.54, 1.807) is 0 Å². The zero-order valence-corrected chi connectivity index (χ0v) is 11.5. The van der Waals surface area contributed by atoms with Crippen LogP contribution in [-0.2, 0) is 6.54 Å². The van der Waals surface area contributed by atoms with Crippen LogP contribution in [0.15, 0.2) is 6.07 Å². The lowest BCUT2D eigenvalue weighted by Gasteiger charge is -2.29. The summed E-state index contributed by atoms with van der Waals surface area (Å²) in [5.41, 5.74) is 7.66. The summed E-state index contributed by atoms with van der Waals surface area (Å²) in [6.45, 7) is 5.83. The van der Waals surface area contributed by atoms with Crippen molar-refractivity contribution in [1.82, 2.24) is 9.97 Å². The minimum absolute atomic E-state index is 0.487. The van der Waals surface area contributed by atoms with Gasteiger partial charge in [0.25, 0.3) is 0 Å². The fourth-order valence-corrected chi connectivity index (χ4v) is 2.71. The zero-order chi connectivity index (χ0) is 13.0. The van der Waals surface area contributed by atoms with Crippen molar-refractivity contribution in [3.05, 3.63) is 17.5 Å². The Balaban J connectivity index is 2.29. The molecule has 1 aliphatic rings. The maximum absolute atomic E-state index is 5.71. The first-order valence-electron chi connectivity index (χ1n) is 7.06. The molecule has 1 saturated heterocycles. The standard InChI is InChI=1S/C14H24N4/c1-3-13-7-5-4-6-8-18(13)14-16-11(2)9-12(10-15)17-14/h9,13H,3-8,10,15H2,1-2H3. The summed E-state index contributed by atoms with van der Waals surface area (Å²) in [5.74, 6) is 0.879. The molecular weight excluding hydrogens is 224 g/mol. The van der Waals surface area contributed by atoms with Gasteiger partial charge < -0.3 is 10.6 Å². The van der Waals surface area contributed by atoms with Crippen LogP contribution in [0.4, 0.5) is 5.95 Å². The van der Waals surface area contributed by atoms with Gasteiger partial charge in [-0.05, 0) is 32.3 Å². The van der Waals surface area contributed by atoms with Crippen LogP contribution >= 0.6 is 0 Å². The van der Waals surface area contributed by atoms with E-state index in [4.69, 9.17) is 5.73 Å². The Morgan fingerprint density at radius 1 is 1.33 bits per heavy atom. The Kier molecular flexibility index (Phi) is 4.53. The Morgan fingerprint density at radius 2 is 2.17 bits per heavy atom. The van der Waals surface area contributed by atoms with Gasteiger partial charge >= 0.3 is 0 Å². The van der Waals surface area contributed by atoms with Crippen molar-refractivity contribution < 1.29 is 0 Å². The number of nitrogens with zero attached hydrogens (tertiary/aromatic N) is 3. The second-order valence-electron chi connectivity index (χ2n) is 5.11. The summed E-state index contributed by atoms with van der Waals surface area (Å²) in [4.78, 5) is 11.6. The second-order valence-corrected chi connectivity index (χ2v) is 5.11. The lowest BCUT2D eigenvalue weighted by molar-refractivity contribution is 0.546. The molecule has 18 heavy (non-hydrogen) atoms. The largest absolute Gasteiger partial charge is 0.338 e. The summed E-state index contributed by atoms with van der Waals surface area (Å²) in [7, 11) is 0. The summed E-state index contributed by atoms with van der Waals surface area (Å²) in [6.07, 6.45) is 6.31. The van der Waals surface area contributed by atoms with E-state index in [1.807, 2.05) is 13.0 Å². The minimum Gasteiger partial charge on any atom is -0.338 e. The molecule has 0 aliphatic carbocycles. The molecular formula is C14H24N4. The molecule has 1 aromatic heterocycles. The molecule has 100 valence electrons. The predicted octanol–water partition coefficient (Wildman–Crippen LogP) is 2.40. The number of nitrogens with two attached hydrogens (primary N) is 1. The molecule has 1 unspecified atom stereocenters. The van der Waals surface area contributed by atoms with Gasteiger partial charge in [0.15, 0.2) is 0 Å². The van der Waals surface area contributed by atoms with Crippen molar-refractivity contribution in [3.8, 4) is 0 Å². The van der Waals surface area contributed by atoms with Crippen molar-refractivity contribution in [2.75, 3.05) is 11.4 Å². The molecule has 4 heteroatoms. The smallest absolute Gasteiger partial charge is 0.226 e. The van der Waals surface area contributed by atoms with Gasteiger partial charge in [-0.1, -0.05) is 19.8 Å². The van der Waals surface area contributed by atoms with Crippen molar-refractivity contribution in [1.29, 1.82) is 0 Å². The lowest BCUT2D eigenvalue weighted by atomic mass is 10.1. The highest BCUT2D eigenvalue weighted by Gasteiger charge is 2.22. The highest BCUT2D eigenvalue weighted by Crippen LogP contribution is 2.23. The van der Waals surface area contributed by atoms with Crippen LogP contribution in [0, 0.1) is 6.92 Å². The quantitative estimate of drug-likeness (QED) is 0.892. The van der Waals surface area contributed by atoms with Crippen LogP contribution in [0.5, 0.6) is 0 Å². The molecule has 0 aromatic carbocycles. The first-order valence-corrected chi connectivity index (χ1v) is 7.06. The minimum atomic E-state index is 0.487. The SMILES string of the molecule is CCC1CCCCCN1c1nc(C)cc(CN)n1. The molecule has 1 atom stereocenters. The fraction of sp³-hybridized carbons (Fsp3) is 0.714. The van der Waals surface area contributed by atoms with Gasteiger partial charge in [0.1, 0.15) is 0 Å². The van der Waals surface area contributed by atoms with E-state index in [0.29, 0.717) is 12.6 Å². The average Bonchev–Trinajstić information content (AvgIpc) is 2.62. The van der Waals surface area contributed by atoms with E-state index < -0.39 is 0 Å². The first-order chi connectivity index (χ1) is 8.74. The van der Waals surface area contributed by atoms with E-state index >= 15 is 0 Å². The molecule has 4 nitrogen and oxygen atoms in total. The van der Waals surface area contributed by atoms with Crippen LogP contribution in [0.1, 0.15) is 50.4 Å². The maximum Gasteiger partial charge on any atom is 0.226 e. The Bertz CT molecular complexity index is 391. The Hall–Kier alpha value is -1.16. The Morgan fingerprint density at radius 3 is 2.89 bits per heavy atom. The fourth-order valence-electron chi connectivity index (χ4n) is 2.71. The van der Waals surface area contributed by atoms with Crippen molar-refractivity contribution >= 4 is 5.95 Å². The van der Waals surface area contributed by atoms with Crippen molar-refractivity contribution in [2.24, 2.45) is 5.73 Å². The topological polar surface area (TPSA) is 55.0 Å². The number of hydrogen-bond acceptors (Lipinski definition) is 4. The normalized spacial score (nSPS) is 20.8. The maximum atomic E-state index is 5.71.